The minimum atomic E-state index is 1.15. The van der Waals surface area contributed by atoms with Crippen LogP contribution in [0.25, 0.3) is 32.6 Å². The molecule has 0 atom stereocenters. The van der Waals surface area contributed by atoms with Gasteiger partial charge < -0.3 is 4.57 Å². The van der Waals surface area contributed by atoms with Crippen LogP contribution in [0.5, 0.6) is 0 Å². The lowest BCUT2D eigenvalue weighted by atomic mass is 9.95. The molecule has 21 heavy (non-hydrogen) atoms. The molecule has 1 aliphatic rings. The van der Waals surface area contributed by atoms with E-state index in [2.05, 4.69) is 60.0 Å². The summed E-state index contributed by atoms with van der Waals surface area (Å²) in [5.41, 5.74) is 5.72. The van der Waals surface area contributed by atoms with Crippen LogP contribution in [-0.4, -0.2) is 4.57 Å². The van der Waals surface area contributed by atoms with Crippen molar-refractivity contribution >= 4 is 32.6 Å². The van der Waals surface area contributed by atoms with Crippen LogP contribution in [0.2, 0.25) is 0 Å². The average Bonchev–Trinajstić information content (AvgIpc) is 2.85. The molecule has 1 aliphatic heterocycles. The van der Waals surface area contributed by atoms with Crippen LogP contribution in [-0.2, 0) is 13.0 Å². The first-order valence-corrected chi connectivity index (χ1v) is 7.76. The first kappa shape index (κ1) is 11.4. The van der Waals surface area contributed by atoms with Crippen LogP contribution >= 0.6 is 0 Å². The molecule has 0 amide bonds. The highest BCUT2D eigenvalue weighted by Gasteiger charge is 2.19. The molecule has 3 aromatic carbocycles. The van der Waals surface area contributed by atoms with E-state index in [1.54, 1.807) is 0 Å². The molecule has 0 spiro atoms. The molecular formula is C20H17N. The number of hydrogen-bond donors (Lipinski definition) is 0. The van der Waals surface area contributed by atoms with Gasteiger partial charge in [0.05, 0.1) is 5.52 Å². The standard InChI is InChI=1S/C20H17N/c1-13-8-9-14-12-15-5-4-10-21-18-7-3-2-6-16(18)19(20(15)21)17(14)11-13/h2-3,6-9,11-12H,4-5,10H2,1H3. The predicted molar refractivity (Wildman–Crippen MR) is 90.0 cm³/mol. The second-order valence-corrected chi connectivity index (χ2v) is 6.26. The molecule has 1 nitrogen and oxygen atoms in total. The normalized spacial score (nSPS) is 14.3. The SMILES string of the molecule is Cc1ccc2cc3c4c(c2c1)c1ccccc1n4CCC3. The van der Waals surface area contributed by atoms with E-state index in [-0.39, 0.29) is 0 Å². The van der Waals surface area contributed by atoms with E-state index in [1.165, 1.54) is 56.5 Å². The number of benzene rings is 3. The van der Waals surface area contributed by atoms with Gasteiger partial charge in [-0.05, 0) is 48.2 Å². The number of para-hydroxylation sites is 1. The molecule has 0 bridgehead atoms. The van der Waals surface area contributed by atoms with Gasteiger partial charge in [-0.15, -0.1) is 0 Å². The number of rotatable bonds is 0. The van der Waals surface area contributed by atoms with Crippen molar-refractivity contribution in [2.75, 3.05) is 0 Å². The van der Waals surface area contributed by atoms with E-state index >= 15 is 0 Å². The van der Waals surface area contributed by atoms with Gasteiger partial charge in [0, 0.05) is 22.8 Å². The molecule has 5 rings (SSSR count). The van der Waals surface area contributed by atoms with E-state index in [1.807, 2.05) is 0 Å². The zero-order valence-electron chi connectivity index (χ0n) is 12.2. The van der Waals surface area contributed by atoms with Gasteiger partial charge in [0.2, 0.25) is 0 Å². The van der Waals surface area contributed by atoms with E-state index < -0.39 is 0 Å². The van der Waals surface area contributed by atoms with Gasteiger partial charge in [0.25, 0.3) is 0 Å². The number of fused-ring (bicyclic) bond motifs is 5. The Morgan fingerprint density at radius 3 is 2.81 bits per heavy atom. The molecule has 1 heteroatoms. The van der Waals surface area contributed by atoms with Crippen molar-refractivity contribution in [2.24, 2.45) is 0 Å². The third kappa shape index (κ3) is 1.41. The van der Waals surface area contributed by atoms with Crippen molar-refractivity contribution < 1.29 is 0 Å². The third-order valence-electron chi connectivity index (χ3n) is 4.91. The van der Waals surface area contributed by atoms with Crippen LogP contribution in [0.1, 0.15) is 17.5 Å². The van der Waals surface area contributed by atoms with E-state index in [0.717, 1.165) is 6.54 Å². The summed E-state index contributed by atoms with van der Waals surface area (Å²) in [6.45, 7) is 3.33. The summed E-state index contributed by atoms with van der Waals surface area (Å²) in [5, 5.41) is 5.66. The highest BCUT2D eigenvalue weighted by Crippen LogP contribution is 2.39. The molecule has 0 fully saturated rings. The van der Waals surface area contributed by atoms with E-state index in [9.17, 15) is 0 Å². The Morgan fingerprint density at radius 2 is 1.86 bits per heavy atom. The summed E-state index contributed by atoms with van der Waals surface area (Å²) in [5.74, 6) is 0. The first-order chi connectivity index (χ1) is 10.3. The molecule has 2 heterocycles. The van der Waals surface area contributed by atoms with Gasteiger partial charge in [-0.3, -0.25) is 0 Å². The minimum Gasteiger partial charge on any atom is -0.340 e. The Morgan fingerprint density at radius 1 is 0.952 bits per heavy atom. The van der Waals surface area contributed by atoms with E-state index in [0.29, 0.717) is 0 Å². The molecule has 0 N–H and O–H groups in total. The van der Waals surface area contributed by atoms with Crippen molar-refractivity contribution in [1.29, 1.82) is 0 Å². The first-order valence-electron chi connectivity index (χ1n) is 7.76. The Kier molecular flexibility index (Phi) is 2.11. The van der Waals surface area contributed by atoms with Gasteiger partial charge in [-0.25, -0.2) is 0 Å². The van der Waals surface area contributed by atoms with Crippen LogP contribution in [0.4, 0.5) is 0 Å². The summed E-state index contributed by atoms with van der Waals surface area (Å²) in [6.07, 6.45) is 2.45. The maximum absolute atomic E-state index is 2.53. The molecule has 4 aromatic rings. The van der Waals surface area contributed by atoms with Crippen molar-refractivity contribution in [3.05, 3.63) is 59.7 Å². The van der Waals surface area contributed by atoms with Crippen LogP contribution in [0, 0.1) is 6.92 Å². The van der Waals surface area contributed by atoms with Gasteiger partial charge >= 0.3 is 0 Å². The largest absolute Gasteiger partial charge is 0.340 e. The van der Waals surface area contributed by atoms with Crippen LogP contribution in [0.3, 0.4) is 0 Å². The number of aromatic nitrogens is 1. The summed E-state index contributed by atoms with van der Waals surface area (Å²) in [7, 11) is 0. The molecular weight excluding hydrogens is 254 g/mol. The lowest BCUT2D eigenvalue weighted by molar-refractivity contribution is 0.652. The molecule has 0 unspecified atom stereocenters. The summed E-state index contributed by atoms with van der Waals surface area (Å²) in [4.78, 5) is 0. The third-order valence-corrected chi connectivity index (χ3v) is 4.91. The molecule has 0 saturated carbocycles. The molecule has 0 aliphatic carbocycles. The Bertz CT molecular complexity index is 1020. The van der Waals surface area contributed by atoms with Crippen molar-refractivity contribution in [1.82, 2.24) is 4.57 Å². The summed E-state index contributed by atoms with van der Waals surface area (Å²) in [6, 6.07) is 18.1. The Balaban J connectivity index is 2.17. The number of nitrogens with zero attached hydrogens (tertiary/aromatic N) is 1. The average molecular weight is 271 g/mol. The fraction of sp³-hybridized carbons (Fsp3) is 0.200. The zero-order chi connectivity index (χ0) is 14.0. The molecule has 102 valence electrons. The van der Waals surface area contributed by atoms with Crippen LogP contribution in [0.15, 0.2) is 48.5 Å². The molecule has 0 radical (unpaired) electrons. The summed E-state index contributed by atoms with van der Waals surface area (Å²) >= 11 is 0. The van der Waals surface area contributed by atoms with E-state index in [4.69, 9.17) is 0 Å². The maximum Gasteiger partial charge on any atom is 0.0530 e. The Hall–Kier alpha value is -2.28. The number of aryl methyl sites for hydroxylation is 3. The fourth-order valence-corrected chi connectivity index (χ4v) is 4.03. The minimum absolute atomic E-state index is 1.15. The number of hydrogen-bond acceptors (Lipinski definition) is 0. The Labute approximate surface area is 123 Å². The summed E-state index contributed by atoms with van der Waals surface area (Å²) < 4.78 is 2.53. The lowest BCUT2D eigenvalue weighted by Crippen LogP contribution is -2.07. The van der Waals surface area contributed by atoms with Gasteiger partial charge in [-0.2, -0.15) is 0 Å². The van der Waals surface area contributed by atoms with Crippen molar-refractivity contribution in [2.45, 2.75) is 26.3 Å². The van der Waals surface area contributed by atoms with Crippen molar-refractivity contribution in [3.8, 4) is 0 Å². The molecule has 0 saturated heterocycles. The van der Waals surface area contributed by atoms with Gasteiger partial charge in [0.15, 0.2) is 0 Å². The molecule has 1 aromatic heterocycles. The maximum atomic E-state index is 2.53. The zero-order valence-corrected chi connectivity index (χ0v) is 12.2. The monoisotopic (exact) mass is 271 g/mol. The highest BCUT2D eigenvalue weighted by molar-refractivity contribution is 6.21. The van der Waals surface area contributed by atoms with Crippen molar-refractivity contribution in [3.63, 3.8) is 0 Å². The topological polar surface area (TPSA) is 4.93 Å². The highest BCUT2D eigenvalue weighted by atomic mass is 15.0. The predicted octanol–water partition coefficient (Wildman–Crippen LogP) is 5.20. The van der Waals surface area contributed by atoms with Crippen LogP contribution < -0.4 is 0 Å². The quantitative estimate of drug-likeness (QED) is 0.414. The fourth-order valence-electron chi connectivity index (χ4n) is 4.03. The second-order valence-electron chi connectivity index (χ2n) is 6.26. The smallest absolute Gasteiger partial charge is 0.0530 e. The lowest BCUT2D eigenvalue weighted by Gasteiger charge is -2.17. The van der Waals surface area contributed by atoms with Gasteiger partial charge in [-0.1, -0.05) is 42.0 Å². The van der Waals surface area contributed by atoms with Gasteiger partial charge in [0.1, 0.15) is 0 Å². The second kappa shape index (κ2) is 3.88.